The third-order valence-electron chi connectivity index (χ3n) is 2.61. The van der Waals surface area contributed by atoms with Crippen molar-refractivity contribution in [3.8, 4) is 0 Å². The fourth-order valence-electron chi connectivity index (χ4n) is 1.86. The number of benzene rings is 1. The van der Waals surface area contributed by atoms with E-state index in [9.17, 15) is 0 Å². The predicted octanol–water partition coefficient (Wildman–Crippen LogP) is 2.96. The van der Waals surface area contributed by atoms with Crippen molar-refractivity contribution in [1.82, 2.24) is 4.98 Å². The second kappa shape index (κ2) is 5.94. The summed E-state index contributed by atoms with van der Waals surface area (Å²) >= 11 is 3.47. The number of hydrogen-bond acceptors (Lipinski definition) is 2. The summed E-state index contributed by atoms with van der Waals surface area (Å²) in [6.07, 6.45) is 5.40. The molecule has 0 saturated heterocycles. The molecule has 0 saturated carbocycles. The van der Waals surface area contributed by atoms with Crippen molar-refractivity contribution in [3.05, 3.63) is 64.4 Å². The smallest absolute Gasteiger partial charge is 0.0300 e. The SMILES string of the molecule is NC(Cc1cccnc1)Cc1cccc(Br)c1. The van der Waals surface area contributed by atoms with Crippen LogP contribution in [-0.2, 0) is 12.8 Å². The number of rotatable bonds is 4. The van der Waals surface area contributed by atoms with Crippen molar-refractivity contribution in [2.24, 2.45) is 5.73 Å². The zero-order valence-corrected chi connectivity index (χ0v) is 11.1. The first kappa shape index (κ1) is 12.3. The first-order chi connectivity index (χ1) is 8.24. The van der Waals surface area contributed by atoms with Gasteiger partial charge in [-0.15, -0.1) is 0 Å². The molecule has 1 aromatic carbocycles. The number of nitrogens with two attached hydrogens (primary N) is 1. The van der Waals surface area contributed by atoms with Gasteiger partial charge < -0.3 is 5.73 Å². The van der Waals surface area contributed by atoms with Crippen molar-refractivity contribution < 1.29 is 0 Å². The molecule has 1 atom stereocenters. The molecule has 0 aliphatic rings. The van der Waals surface area contributed by atoms with Gasteiger partial charge in [-0.2, -0.15) is 0 Å². The van der Waals surface area contributed by atoms with Crippen LogP contribution in [0.3, 0.4) is 0 Å². The van der Waals surface area contributed by atoms with E-state index in [0.29, 0.717) is 0 Å². The summed E-state index contributed by atoms with van der Waals surface area (Å²) in [5.41, 5.74) is 8.59. The van der Waals surface area contributed by atoms with Crippen molar-refractivity contribution in [2.75, 3.05) is 0 Å². The average molecular weight is 291 g/mol. The maximum Gasteiger partial charge on any atom is 0.0300 e. The van der Waals surface area contributed by atoms with Gasteiger partial charge in [0.2, 0.25) is 0 Å². The summed E-state index contributed by atoms with van der Waals surface area (Å²) in [6, 6.07) is 12.4. The fraction of sp³-hybridized carbons (Fsp3) is 0.214. The Morgan fingerprint density at radius 2 is 1.88 bits per heavy atom. The third-order valence-corrected chi connectivity index (χ3v) is 3.10. The van der Waals surface area contributed by atoms with Gasteiger partial charge in [0.05, 0.1) is 0 Å². The van der Waals surface area contributed by atoms with E-state index >= 15 is 0 Å². The molecular formula is C14H15BrN2. The number of hydrogen-bond donors (Lipinski definition) is 1. The first-order valence-electron chi connectivity index (χ1n) is 5.63. The van der Waals surface area contributed by atoms with E-state index < -0.39 is 0 Å². The van der Waals surface area contributed by atoms with Gasteiger partial charge in [0.15, 0.2) is 0 Å². The lowest BCUT2D eigenvalue weighted by molar-refractivity contribution is 0.663. The maximum atomic E-state index is 6.14. The Bertz CT molecular complexity index is 471. The first-order valence-corrected chi connectivity index (χ1v) is 6.42. The second-order valence-corrected chi connectivity index (χ2v) is 5.08. The van der Waals surface area contributed by atoms with Gasteiger partial charge in [0.25, 0.3) is 0 Å². The average Bonchev–Trinajstić information content (AvgIpc) is 2.30. The molecule has 2 nitrogen and oxygen atoms in total. The Labute approximate surface area is 110 Å². The zero-order valence-electron chi connectivity index (χ0n) is 9.51. The van der Waals surface area contributed by atoms with Gasteiger partial charge in [0, 0.05) is 22.9 Å². The Kier molecular flexibility index (Phi) is 4.29. The molecule has 0 radical (unpaired) electrons. The molecule has 2 N–H and O–H groups in total. The van der Waals surface area contributed by atoms with E-state index in [1.54, 1.807) is 6.20 Å². The predicted molar refractivity (Wildman–Crippen MR) is 73.8 cm³/mol. The summed E-state index contributed by atoms with van der Waals surface area (Å²) in [5.74, 6) is 0. The molecule has 1 aromatic heterocycles. The molecule has 3 heteroatoms. The minimum atomic E-state index is 0.133. The highest BCUT2D eigenvalue weighted by Crippen LogP contribution is 2.13. The van der Waals surface area contributed by atoms with Gasteiger partial charge in [0.1, 0.15) is 0 Å². The van der Waals surface area contributed by atoms with E-state index in [1.807, 2.05) is 24.4 Å². The van der Waals surface area contributed by atoms with Crippen LogP contribution in [0.2, 0.25) is 0 Å². The van der Waals surface area contributed by atoms with Crippen molar-refractivity contribution in [2.45, 2.75) is 18.9 Å². The highest BCUT2D eigenvalue weighted by molar-refractivity contribution is 9.10. The number of nitrogens with zero attached hydrogens (tertiary/aromatic N) is 1. The standard InChI is InChI=1S/C14H15BrN2/c15-13-5-1-3-11(7-13)8-14(16)9-12-4-2-6-17-10-12/h1-7,10,14H,8-9,16H2. The normalized spacial score (nSPS) is 12.4. The van der Waals surface area contributed by atoms with Crippen LogP contribution in [0.15, 0.2) is 53.3 Å². The fourth-order valence-corrected chi connectivity index (χ4v) is 2.31. The quantitative estimate of drug-likeness (QED) is 0.940. The van der Waals surface area contributed by atoms with E-state index in [1.165, 1.54) is 11.1 Å². The molecule has 88 valence electrons. The number of pyridine rings is 1. The Balaban J connectivity index is 1.96. The molecule has 17 heavy (non-hydrogen) atoms. The van der Waals surface area contributed by atoms with Crippen LogP contribution in [0.25, 0.3) is 0 Å². The highest BCUT2D eigenvalue weighted by atomic mass is 79.9. The lowest BCUT2D eigenvalue weighted by Crippen LogP contribution is -2.25. The molecular weight excluding hydrogens is 276 g/mol. The van der Waals surface area contributed by atoms with Gasteiger partial charge in [-0.05, 0) is 42.2 Å². The van der Waals surface area contributed by atoms with Crippen LogP contribution >= 0.6 is 15.9 Å². The van der Waals surface area contributed by atoms with Crippen molar-refractivity contribution >= 4 is 15.9 Å². The van der Waals surface area contributed by atoms with E-state index in [0.717, 1.165) is 17.3 Å². The lowest BCUT2D eigenvalue weighted by atomic mass is 10.0. The van der Waals surface area contributed by atoms with Crippen LogP contribution in [0.5, 0.6) is 0 Å². The van der Waals surface area contributed by atoms with Crippen LogP contribution in [-0.4, -0.2) is 11.0 Å². The summed E-state index contributed by atoms with van der Waals surface area (Å²) in [6.45, 7) is 0. The van der Waals surface area contributed by atoms with E-state index in [2.05, 4.69) is 39.1 Å². The third kappa shape index (κ3) is 3.95. The van der Waals surface area contributed by atoms with E-state index in [4.69, 9.17) is 5.73 Å². The highest BCUT2D eigenvalue weighted by Gasteiger charge is 2.05. The van der Waals surface area contributed by atoms with Gasteiger partial charge in [-0.25, -0.2) is 0 Å². The maximum absolute atomic E-state index is 6.14. The van der Waals surface area contributed by atoms with Crippen LogP contribution in [0.1, 0.15) is 11.1 Å². The van der Waals surface area contributed by atoms with E-state index in [-0.39, 0.29) is 6.04 Å². The molecule has 0 aliphatic heterocycles. The Hall–Kier alpha value is -1.19. The van der Waals surface area contributed by atoms with Crippen molar-refractivity contribution in [3.63, 3.8) is 0 Å². The number of aromatic nitrogens is 1. The minimum Gasteiger partial charge on any atom is -0.327 e. The van der Waals surface area contributed by atoms with Crippen molar-refractivity contribution in [1.29, 1.82) is 0 Å². The minimum absolute atomic E-state index is 0.133. The zero-order chi connectivity index (χ0) is 12.1. The lowest BCUT2D eigenvalue weighted by Gasteiger charge is -2.11. The van der Waals surface area contributed by atoms with Gasteiger partial charge >= 0.3 is 0 Å². The van der Waals surface area contributed by atoms with Gasteiger partial charge in [-0.1, -0.05) is 34.1 Å². The molecule has 0 bridgehead atoms. The summed E-state index contributed by atoms with van der Waals surface area (Å²) in [4.78, 5) is 4.10. The largest absolute Gasteiger partial charge is 0.327 e. The molecule has 1 unspecified atom stereocenters. The van der Waals surface area contributed by atoms with Crippen LogP contribution in [0, 0.1) is 0 Å². The molecule has 2 rings (SSSR count). The molecule has 0 amide bonds. The second-order valence-electron chi connectivity index (χ2n) is 4.16. The molecule has 0 aliphatic carbocycles. The topological polar surface area (TPSA) is 38.9 Å². The summed E-state index contributed by atoms with van der Waals surface area (Å²) < 4.78 is 1.10. The molecule has 0 spiro atoms. The Morgan fingerprint density at radius 1 is 1.12 bits per heavy atom. The summed E-state index contributed by atoms with van der Waals surface area (Å²) in [7, 11) is 0. The molecule has 1 heterocycles. The van der Waals surface area contributed by atoms with Crippen LogP contribution in [0.4, 0.5) is 0 Å². The molecule has 2 aromatic rings. The molecule has 0 fully saturated rings. The monoisotopic (exact) mass is 290 g/mol. The Morgan fingerprint density at radius 3 is 2.59 bits per heavy atom. The summed E-state index contributed by atoms with van der Waals surface area (Å²) in [5, 5.41) is 0. The number of halogens is 1. The van der Waals surface area contributed by atoms with Gasteiger partial charge in [-0.3, -0.25) is 4.98 Å². The van der Waals surface area contributed by atoms with Crippen LogP contribution < -0.4 is 5.73 Å².